The van der Waals surface area contributed by atoms with Crippen molar-refractivity contribution in [3.8, 4) is 0 Å². The van der Waals surface area contributed by atoms with Crippen LogP contribution in [0, 0.1) is 5.82 Å². The third-order valence-corrected chi connectivity index (χ3v) is 4.17. The van der Waals surface area contributed by atoms with Gasteiger partial charge in [0.05, 0.1) is 24.6 Å². The Kier molecular flexibility index (Phi) is 4.42. The lowest BCUT2D eigenvalue weighted by atomic mass is 10.2. The fourth-order valence-corrected chi connectivity index (χ4v) is 3.14. The van der Waals surface area contributed by atoms with E-state index in [0.29, 0.717) is 5.52 Å². The van der Waals surface area contributed by atoms with Gasteiger partial charge in [-0.25, -0.2) is 9.37 Å². The zero-order chi connectivity index (χ0) is 14.8. The molecule has 0 N–H and O–H groups in total. The van der Waals surface area contributed by atoms with Gasteiger partial charge >= 0.3 is 0 Å². The maximum absolute atomic E-state index is 13.9. The van der Waals surface area contributed by atoms with Crippen LogP contribution in [0.5, 0.6) is 0 Å². The molecule has 1 saturated heterocycles. The van der Waals surface area contributed by atoms with Gasteiger partial charge in [-0.15, -0.1) is 11.6 Å². The summed E-state index contributed by atoms with van der Waals surface area (Å²) in [6.07, 6.45) is 0. The first-order chi connectivity index (χ1) is 10.2. The third kappa shape index (κ3) is 2.91. The van der Waals surface area contributed by atoms with Gasteiger partial charge in [0, 0.05) is 25.7 Å². The van der Waals surface area contributed by atoms with Crippen molar-refractivity contribution in [1.29, 1.82) is 0 Å². The van der Waals surface area contributed by atoms with Crippen molar-refractivity contribution in [1.82, 2.24) is 14.5 Å². The van der Waals surface area contributed by atoms with Crippen LogP contribution in [0.4, 0.5) is 4.39 Å². The van der Waals surface area contributed by atoms with E-state index < -0.39 is 0 Å². The topological polar surface area (TPSA) is 30.3 Å². The molecule has 0 aliphatic carbocycles. The minimum Gasteiger partial charge on any atom is -0.379 e. The van der Waals surface area contributed by atoms with Crippen LogP contribution in [0.1, 0.15) is 18.8 Å². The van der Waals surface area contributed by atoms with Gasteiger partial charge in [-0.3, -0.25) is 4.90 Å². The molecule has 2 heterocycles. The minimum atomic E-state index is -0.295. The van der Waals surface area contributed by atoms with Crippen LogP contribution in [0.15, 0.2) is 18.2 Å². The Labute approximate surface area is 128 Å². The van der Waals surface area contributed by atoms with Crippen molar-refractivity contribution in [2.24, 2.45) is 0 Å². The first-order valence-electron chi connectivity index (χ1n) is 7.22. The molecule has 4 nitrogen and oxygen atoms in total. The van der Waals surface area contributed by atoms with E-state index in [2.05, 4.69) is 21.4 Å². The molecule has 0 bridgehead atoms. The van der Waals surface area contributed by atoms with Gasteiger partial charge < -0.3 is 9.30 Å². The Balaban J connectivity index is 1.92. The number of para-hydroxylation sites is 1. The second-order valence-electron chi connectivity index (χ2n) is 5.40. The van der Waals surface area contributed by atoms with Crippen molar-refractivity contribution in [2.75, 3.05) is 32.8 Å². The number of nitrogens with zero attached hydrogens (tertiary/aromatic N) is 3. The summed E-state index contributed by atoms with van der Waals surface area (Å²) >= 11 is 6.00. The highest BCUT2D eigenvalue weighted by molar-refractivity contribution is 6.16. The van der Waals surface area contributed by atoms with Crippen molar-refractivity contribution in [2.45, 2.75) is 18.8 Å². The maximum Gasteiger partial charge on any atom is 0.151 e. The predicted molar refractivity (Wildman–Crippen MR) is 81.2 cm³/mol. The van der Waals surface area contributed by atoms with Crippen LogP contribution in [0.25, 0.3) is 11.0 Å². The number of morpholine rings is 1. The molecule has 114 valence electrons. The predicted octanol–water partition coefficient (Wildman–Crippen LogP) is 2.81. The molecule has 1 aromatic carbocycles. The molecule has 0 radical (unpaired) electrons. The summed E-state index contributed by atoms with van der Waals surface area (Å²) < 4.78 is 21.3. The van der Waals surface area contributed by atoms with Crippen LogP contribution >= 0.6 is 11.6 Å². The number of benzene rings is 1. The molecule has 6 heteroatoms. The van der Waals surface area contributed by atoms with Gasteiger partial charge in [0.2, 0.25) is 0 Å². The van der Waals surface area contributed by atoms with Crippen LogP contribution in [-0.2, 0) is 10.6 Å². The van der Waals surface area contributed by atoms with Crippen LogP contribution in [0.2, 0.25) is 0 Å². The van der Waals surface area contributed by atoms with E-state index in [1.807, 2.05) is 6.07 Å². The summed E-state index contributed by atoms with van der Waals surface area (Å²) in [4.78, 5) is 6.72. The number of rotatable bonds is 4. The second kappa shape index (κ2) is 6.30. The second-order valence-corrected chi connectivity index (χ2v) is 5.67. The van der Waals surface area contributed by atoms with Gasteiger partial charge in [0.1, 0.15) is 11.3 Å². The van der Waals surface area contributed by atoms with Crippen molar-refractivity contribution in [3.05, 3.63) is 29.8 Å². The summed E-state index contributed by atoms with van der Waals surface area (Å²) in [7, 11) is 0. The summed E-state index contributed by atoms with van der Waals surface area (Å²) in [5.41, 5.74) is 1.22. The van der Waals surface area contributed by atoms with Crippen LogP contribution in [-0.4, -0.2) is 47.3 Å². The number of hydrogen-bond acceptors (Lipinski definition) is 3. The lowest BCUT2D eigenvalue weighted by Gasteiger charge is -2.30. The molecule has 2 aromatic rings. The molecule has 0 spiro atoms. The molecular weight excluding hydrogens is 293 g/mol. The van der Waals surface area contributed by atoms with Crippen LogP contribution < -0.4 is 0 Å². The molecular formula is C15H19ClFN3O. The average Bonchev–Trinajstić information content (AvgIpc) is 2.88. The molecule has 1 aliphatic rings. The summed E-state index contributed by atoms with van der Waals surface area (Å²) in [5, 5.41) is 0. The van der Waals surface area contributed by atoms with E-state index in [4.69, 9.17) is 16.3 Å². The molecule has 1 atom stereocenters. The number of halogens is 2. The number of fused-ring (bicyclic) bond motifs is 1. The highest BCUT2D eigenvalue weighted by atomic mass is 35.5. The largest absolute Gasteiger partial charge is 0.379 e. The number of alkyl halides is 1. The summed E-state index contributed by atoms with van der Waals surface area (Å²) in [5.74, 6) is 0.704. The number of imidazole rings is 1. The summed E-state index contributed by atoms with van der Waals surface area (Å²) in [6.45, 7) is 6.42. The Morgan fingerprint density at radius 1 is 1.38 bits per heavy atom. The van der Waals surface area contributed by atoms with E-state index in [1.54, 1.807) is 6.07 Å². The van der Waals surface area contributed by atoms with E-state index in [0.717, 1.165) is 44.2 Å². The standard InChI is InChI=1S/C15H19ClFN3O/c1-11(10-19-5-7-21-8-6-19)20-13-4-2-3-12(17)15(13)18-14(20)9-16/h2-4,11H,5-10H2,1H3. The molecule has 1 unspecified atom stereocenters. The maximum atomic E-state index is 13.9. The highest BCUT2D eigenvalue weighted by Crippen LogP contribution is 2.25. The third-order valence-electron chi connectivity index (χ3n) is 3.93. The molecule has 3 rings (SSSR count). The molecule has 1 aliphatic heterocycles. The highest BCUT2D eigenvalue weighted by Gasteiger charge is 2.20. The first kappa shape index (κ1) is 14.8. The number of hydrogen-bond donors (Lipinski definition) is 0. The smallest absolute Gasteiger partial charge is 0.151 e. The van der Waals surface area contributed by atoms with Crippen molar-refractivity contribution < 1.29 is 9.13 Å². The van der Waals surface area contributed by atoms with Gasteiger partial charge in [-0.05, 0) is 19.1 Å². The Hall–Kier alpha value is -1.17. The molecule has 1 fully saturated rings. The van der Waals surface area contributed by atoms with E-state index in [-0.39, 0.29) is 17.7 Å². The SMILES string of the molecule is CC(CN1CCOCC1)n1c(CCl)nc2c(F)cccc21. The normalized spacial score (nSPS) is 18.2. The minimum absolute atomic E-state index is 0.184. The van der Waals surface area contributed by atoms with Gasteiger partial charge in [-0.2, -0.15) is 0 Å². The fraction of sp³-hybridized carbons (Fsp3) is 0.533. The molecule has 21 heavy (non-hydrogen) atoms. The Bertz CT molecular complexity index is 625. The Morgan fingerprint density at radius 3 is 2.86 bits per heavy atom. The van der Waals surface area contributed by atoms with Gasteiger partial charge in [0.15, 0.2) is 5.82 Å². The van der Waals surface area contributed by atoms with Crippen LogP contribution in [0.3, 0.4) is 0 Å². The average molecular weight is 312 g/mol. The first-order valence-corrected chi connectivity index (χ1v) is 7.75. The number of ether oxygens (including phenoxy) is 1. The molecule has 0 amide bonds. The van der Waals surface area contributed by atoms with Crippen molar-refractivity contribution >= 4 is 22.6 Å². The molecule has 0 saturated carbocycles. The van der Waals surface area contributed by atoms with Crippen molar-refractivity contribution in [3.63, 3.8) is 0 Å². The number of aromatic nitrogens is 2. The lowest BCUT2D eigenvalue weighted by molar-refractivity contribution is 0.0326. The van der Waals surface area contributed by atoms with Gasteiger partial charge in [0.25, 0.3) is 0 Å². The molecule has 1 aromatic heterocycles. The van der Waals surface area contributed by atoms with E-state index in [1.165, 1.54) is 6.07 Å². The zero-order valence-electron chi connectivity index (χ0n) is 12.1. The lowest BCUT2D eigenvalue weighted by Crippen LogP contribution is -2.39. The fourth-order valence-electron chi connectivity index (χ4n) is 2.96. The van der Waals surface area contributed by atoms with E-state index >= 15 is 0 Å². The zero-order valence-corrected chi connectivity index (χ0v) is 12.8. The van der Waals surface area contributed by atoms with E-state index in [9.17, 15) is 4.39 Å². The van der Waals surface area contributed by atoms with Gasteiger partial charge in [-0.1, -0.05) is 6.07 Å². The Morgan fingerprint density at radius 2 is 2.14 bits per heavy atom. The summed E-state index contributed by atoms with van der Waals surface area (Å²) in [6, 6.07) is 5.24. The monoisotopic (exact) mass is 311 g/mol. The quantitative estimate of drug-likeness (QED) is 0.813.